The topological polar surface area (TPSA) is 17.1 Å². The Kier molecular flexibility index (Phi) is 2.67. The van der Waals surface area contributed by atoms with E-state index in [1.165, 1.54) is 25.1 Å². The molecule has 1 rings (SSSR count). The second-order valence-corrected chi connectivity index (χ2v) is 5.84. The van der Waals surface area contributed by atoms with E-state index >= 15 is 0 Å². The minimum atomic E-state index is -9.66. The summed E-state index contributed by atoms with van der Waals surface area (Å²) in [6, 6.07) is 5.79. The first-order valence-corrected chi connectivity index (χ1v) is 6.43. The van der Waals surface area contributed by atoms with Gasteiger partial charge in [0.25, 0.3) is 0 Å². The van der Waals surface area contributed by atoms with Gasteiger partial charge in [-0.05, 0) is 12.5 Å². The fourth-order valence-electron chi connectivity index (χ4n) is 1.13. The Hall–Kier alpha value is -1.37. The standard InChI is InChI=1S/C10H9F5OS/c1-8-4-2-3-5-9(8)10(16)6-7-17(11,12,13,14)15/h2-7H,1H3/b7-6-. The maximum Gasteiger partial charge on any atom is 0.304 e. The van der Waals surface area contributed by atoms with Crippen molar-refractivity contribution in [1.29, 1.82) is 0 Å². The van der Waals surface area contributed by atoms with Gasteiger partial charge in [0, 0.05) is 11.6 Å². The SMILES string of the molecule is Cc1ccccc1C(=O)/C=C\S(F)(F)(F)(F)F. The highest BCUT2D eigenvalue weighted by Gasteiger charge is 2.60. The molecule has 0 radical (unpaired) electrons. The molecular weight excluding hydrogens is 263 g/mol. The number of benzene rings is 1. The van der Waals surface area contributed by atoms with Crippen LogP contribution in [0.2, 0.25) is 0 Å². The molecule has 0 unspecified atom stereocenters. The lowest BCUT2D eigenvalue weighted by molar-refractivity contribution is 0.104. The molecule has 0 spiro atoms. The van der Waals surface area contributed by atoms with Gasteiger partial charge >= 0.3 is 10.2 Å². The number of hydrogen-bond acceptors (Lipinski definition) is 1. The summed E-state index contributed by atoms with van der Waals surface area (Å²) in [7, 11) is -9.66. The molecule has 0 N–H and O–H groups in total. The van der Waals surface area contributed by atoms with Crippen molar-refractivity contribution < 1.29 is 24.2 Å². The van der Waals surface area contributed by atoms with Gasteiger partial charge in [-0.2, -0.15) is 0 Å². The Balaban J connectivity index is 3.05. The van der Waals surface area contributed by atoms with Crippen LogP contribution in [0.25, 0.3) is 0 Å². The molecule has 0 aliphatic carbocycles. The molecular formula is C10H9F5OS. The number of halogens is 5. The molecule has 0 atom stereocenters. The number of allylic oxidation sites excluding steroid dienone is 1. The summed E-state index contributed by atoms with van der Waals surface area (Å²) in [4.78, 5) is 11.3. The van der Waals surface area contributed by atoms with Gasteiger partial charge < -0.3 is 0 Å². The second kappa shape index (κ2) is 3.32. The normalized spacial score (nSPS) is 16.6. The van der Waals surface area contributed by atoms with Crippen LogP contribution < -0.4 is 0 Å². The lowest BCUT2D eigenvalue weighted by Crippen LogP contribution is -2.03. The van der Waals surface area contributed by atoms with Gasteiger partial charge in [0.15, 0.2) is 5.78 Å². The Morgan fingerprint density at radius 2 is 1.65 bits per heavy atom. The Morgan fingerprint density at radius 3 is 2.12 bits per heavy atom. The van der Waals surface area contributed by atoms with Crippen molar-refractivity contribution in [2.45, 2.75) is 6.92 Å². The first-order valence-electron chi connectivity index (χ1n) is 4.41. The van der Waals surface area contributed by atoms with Crippen LogP contribution in [0.5, 0.6) is 0 Å². The molecule has 17 heavy (non-hydrogen) atoms. The van der Waals surface area contributed by atoms with E-state index in [4.69, 9.17) is 0 Å². The van der Waals surface area contributed by atoms with Crippen LogP contribution in [0.1, 0.15) is 15.9 Å². The van der Waals surface area contributed by atoms with Crippen LogP contribution in [0.15, 0.2) is 35.7 Å². The largest absolute Gasteiger partial charge is 0.304 e. The molecule has 0 bridgehead atoms. The molecule has 7 heteroatoms. The molecule has 0 aliphatic heterocycles. The first kappa shape index (κ1) is 13.7. The van der Waals surface area contributed by atoms with Crippen LogP contribution in [0, 0.1) is 6.92 Å². The van der Waals surface area contributed by atoms with E-state index in [0.717, 1.165) is 0 Å². The Bertz CT molecular complexity index is 488. The van der Waals surface area contributed by atoms with Gasteiger partial charge in [0.05, 0.1) is 5.41 Å². The molecule has 0 aliphatic rings. The van der Waals surface area contributed by atoms with E-state index in [1.54, 1.807) is 6.07 Å². The van der Waals surface area contributed by atoms with E-state index in [9.17, 15) is 24.2 Å². The highest BCUT2D eigenvalue weighted by molar-refractivity contribution is 8.48. The predicted octanol–water partition coefficient (Wildman–Crippen LogP) is 4.99. The fourth-order valence-corrected chi connectivity index (χ4v) is 1.51. The van der Waals surface area contributed by atoms with Crippen LogP contribution >= 0.6 is 10.2 Å². The van der Waals surface area contributed by atoms with E-state index in [-0.39, 0.29) is 11.6 Å². The molecule has 0 saturated heterocycles. The lowest BCUT2D eigenvalue weighted by Gasteiger charge is -2.36. The van der Waals surface area contributed by atoms with E-state index in [2.05, 4.69) is 0 Å². The predicted molar refractivity (Wildman–Crippen MR) is 57.8 cm³/mol. The van der Waals surface area contributed by atoms with Gasteiger partial charge in [0.1, 0.15) is 0 Å². The molecule has 0 saturated carbocycles. The van der Waals surface area contributed by atoms with Gasteiger partial charge in [-0.3, -0.25) is 4.79 Å². The molecule has 0 fully saturated rings. The summed E-state index contributed by atoms with van der Waals surface area (Å²) in [6.07, 6.45) is -0.135. The molecule has 1 nitrogen and oxygen atoms in total. The van der Waals surface area contributed by atoms with Crippen LogP contribution in [0.4, 0.5) is 19.4 Å². The number of aryl methyl sites for hydroxylation is 1. The zero-order chi connectivity index (χ0) is 13.4. The zero-order valence-corrected chi connectivity index (χ0v) is 9.49. The van der Waals surface area contributed by atoms with E-state index < -0.39 is 21.4 Å². The molecule has 1 aromatic rings. The summed E-state index contributed by atoms with van der Waals surface area (Å²) >= 11 is 0. The van der Waals surface area contributed by atoms with Crippen molar-refractivity contribution in [2.75, 3.05) is 0 Å². The monoisotopic (exact) mass is 272 g/mol. The number of rotatable bonds is 3. The van der Waals surface area contributed by atoms with Gasteiger partial charge in [-0.15, -0.1) is 0 Å². The highest BCUT2D eigenvalue weighted by Crippen LogP contribution is 2.98. The third kappa shape index (κ3) is 4.99. The number of hydrogen-bond donors (Lipinski definition) is 0. The maximum atomic E-state index is 12.0. The van der Waals surface area contributed by atoms with Crippen molar-refractivity contribution in [1.82, 2.24) is 0 Å². The second-order valence-electron chi connectivity index (χ2n) is 3.51. The summed E-state index contributed by atoms with van der Waals surface area (Å²) < 4.78 is 59.8. The number of ketones is 1. The summed E-state index contributed by atoms with van der Waals surface area (Å²) in [5, 5.41) is -1.23. The molecule has 0 heterocycles. The highest BCUT2D eigenvalue weighted by atomic mass is 32.5. The van der Waals surface area contributed by atoms with Crippen molar-refractivity contribution in [2.24, 2.45) is 0 Å². The number of carbonyl (C=O) groups is 1. The average molecular weight is 272 g/mol. The van der Waals surface area contributed by atoms with Gasteiger partial charge in [-0.1, -0.05) is 43.7 Å². The minimum absolute atomic E-state index is 0.0365. The van der Waals surface area contributed by atoms with E-state index in [0.29, 0.717) is 5.56 Å². The van der Waals surface area contributed by atoms with Crippen molar-refractivity contribution in [3.8, 4) is 0 Å². The first-order chi connectivity index (χ1) is 7.38. The smallest absolute Gasteiger partial charge is 0.289 e. The third-order valence-corrected chi connectivity index (χ3v) is 2.54. The molecule has 96 valence electrons. The van der Waals surface area contributed by atoms with Crippen molar-refractivity contribution in [3.63, 3.8) is 0 Å². The summed E-state index contributed by atoms with van der Waals surface area (Å²) in [5.41, 5.74) is 0.384. The molecule has 0 amide bonds. The molecule has 1 aromatic carbocycles. The minimum Gasteiger partial charge on any atom is -0.289 e. The van der Waals surface area contributed by atoms with Crippen molar-refractivity contribution >= 4 is 16.0 Å². The van der Waals surface area contributed by atoms with Gasteiger partial charge in [0.2, 0.25) is 0 Å². The fraction of sp³-hybridized carbons (Fsp3) is 0.100. The van der Waals surface area contributed by atoms with Crippen LogP contribution in [0.3, 0.4) is 0 Å². The van der Waals surface area contributed by atoms with Crippen LogP contribution in [-0.2, 0) is 0 Å². The van der Waals surface area contributed by atoms with Gasteiger partial charge in [-0.25, -0.2) is 0 Å². The zero-order valence-electron chi connectivity index (χ0n) is 8.67. The Labute approximate surface area is 94.7 Å². The Morgan fingerprint density at radius 1 is 1.12 bits per heavy atom. The van der Waals surface area contributed by atoms with E-state index in [1.807, 2.05) is 0 Å². The quantitative estimate of drug-likeness (QED) is 0.430. The molecule has 0 aromatic heterocycles. The lowest BCUT2D eigenvalue weighted by atomic mass is 10.1. The summed E-state index contributed by atoms with van der Waals surface area (Å²) in [6.45, 7) is 1.50. The van der Waals surface area contributed by atoms with Crippen molar-refractivity contribution in [3.05, 3.63) is 46.9 Å². The average Bonchev–Trinajstić information content (AvgIpc) is 2.12. The maximum absolute atomic E-state index is 12.0. The third-order valence-electron chi connectivity index (χ3n) is 1.89. The number of carbonyl (C=O) groups excluding carboxylic acids is 1. The summed E-state index contributed by atoms with van der Waals surface area (Å²) in [5.74, 6) is -1.10. The van der Waals surface area contributed by atoms with Crippen LogP contribution in [-0.4, -0.2) is 5.78 Å².